The van der Waals surface area contributed by atoms with E-state index in [4.69, 9.17) is 11.6 Å². The Morgan fingerprint density at radius 1 is 1.45 bits per heavy atom. The van der Waals surface area contributed by atoms with Gasteiger partial charge in [0.25, 0.3) is 0 Å². The number of halogens is 2. The van der Waals surface area contributed by atoms with Gasteiger partial charge in [0.15, 0.2) is 0 Å². The van der Waals surface area contributed by atoms with E-state index in [2.05, 4.69) is 26.2 Å². The second kappa shape index (κ2) is 7.40. The molecule has 0 saturated carbocycles. The summed E-state index contributed by atoms with van der Waals surface area (Å²) in [6.45, 7) is 4.12. The maximum absolute atomic E-state index is 12.4. The lowest BCUT2D eigenvalue weighted by Gasteiger charge is -2.12. The van der Waals surface area contributed by atoms with Crippen molar-refractivity contribution in [1.29, 1.82) is 0 Å². The van der Waals surface area contributed by atoms with Crippen molar-refractivity contribution in [3.05, 3.63) is 38.7 Å². The van der Waals surface area contributed by atoms with Crippen molar-refractivity contribution in [3.8, 4) is 0 Å². The number of pyridine rings is 1. The molecule has 0 aliphatic heterocycles. The van der Waals surface area contributed by atoms with Gasteiger partial charge in [0.05, 0.1) is 5.56 Å². The van der Waals surface area contributed by atoms with Crippen molar-refractivity contribution in [1.82, 2.24) is 10.3 Å². The van der Waals surface area contributed by atoms with E-state index in [1.165, 1.54) is 12.3 Å². The summed E-state index contributed by atoms with van der Waals surface area (Å²) in [5.41, 5.74) is 0.125. The van der Waals surface area contributed by atoms with Crippen LogP contribution >= 0.6 is 27.5 Å². The number of nitrogens with one attached hydrogen (secondary N) is 1. The van der Waals surface area contributed by atoms with Crippen molar-refractivity contribution in [2.24, 2.45) is 0 Å². The van der Waals surface area contributed by atoms with Gasteiger partial charge < -0.3 is 10.4 Å². The highest BCUT2D eigenvalue weighted by Crippen LogP contribution is 2.22. The molecule has 1 aromatic rings. The van der Waals surface area contributed by atoms with E-state index < -0.39 is 11.8 Å². The minimum Gasteiger partial charge on any atom is -0.477 e. The molecule has 0 saturated heterocycles. The average molecular weight is 362 g/mol. The number of nitrogens with zero attached hydrogens (tertiary/aromatic N) is 1. The van der Waals surface area contributed by atoms with Crippen LogP contribution in [-0.4, -0.2) is 28.4 Å². The maximum atomic E-state index is 12.4. The summed E-state index contributed by atoms with van der Waals surface area (Å²) in [7, 11) is 0. The summed E-state index contributed by atoms with van der Waals surface area (Å²) >= 11 is 9.06. The Kier molecular flexibility index (Phi) is 6.16. The summed E-state index contributed by atoms with van der Waals surface area (Å²) in [5.74, 6) is -1.95. The molecule has 7 heteroatoms. The van der Waals surface area contributed by atoms with Crippen LogP contribution in [0.5, 0.6) is 0 Å². The van der Waals surface area contributed by atoms with Crippen LogP contribution in [0, 0.1) is 0 Å². The Labute approximate surface area is 130 Å². The van der Waals surface area contributed by atoms with Crippen LogP contribution in [0.15, 0.2) is 28.0 Å². The Morgan fingerprint density at radius 3 is 2.60 bits per heavy atom. The van der Waals surface area contributed by atoms with Gasteiger partial charge in [-0.2, -0.15) is 0 Å². The standard InChI is InChI=1S/C13H14BrClN2O3/c1-3-9(16-4-2)10(13(19)20)11(18)8-5-7(14)6-17-12(8)15/h5-6,16H,3-4H2,1-2H3,(H,19,20). The van der Waals surface area contributed by atoms with Crippen LogP contribution in [0.4, 0.5) is 0 Å². The number of hydrogen-bond acceptors (Lipinski definition) is 4. The minimum atomic E-state index is -1.29. The van der Waals surface area contributed by atoms with Crippen LogP contribution in [0.25, 0.3) is 0 Å². The van der Waals surface area contributed by atoms with E-state index in [9.17, 15) is 14.7 Å². The lowest BCUT2D eigenvalue weighted by molar-refractivity contribution is -0.132. The molecular formula is C13H14BrClN2O3. The maximum Gasteiger partial charge on any atom is 0.341 e. The van der Waals surface area contributed by atoms with Crippen molar-refractivity contribution in [3.63, 3.8) is 0 Å². The van der Waals surface area contributed by atoms with Gasteiger partial charge >= 0.3 is 5.97 Å². The first kappa shape index (κ1) is 16.7. The van der Waals surface area contributed by atoms with Crippen molar-refractivity contribution in [2.45, 2.75) is 20.3 Å². The first-order chi connectivity index (χ1) is 9.42. The molecule has 0 aliphatic carbocycles. The molecule has 0 fully saturated rings. The normalized spacial score (nSPS) is 11.8. The Bertz CT molecular complexity index is 573. The molecule has 0 aromatic carbocycles. The number of aromatic nitrogens is 1. The lowest BCUT2D eigenvalue weighted by Crippen LogP contribution is -2.23. The first-order valence-corrected chi connectivity index (χ1v) is 7.15. The number of rotatable bonds is 6. The molecule has 0 bridgehead atoms. The average Bonchev–Trinajstić information content (AvgIpc) is 2.40. The van der Waals surface area contributed by atoms with Gasteiger partial charge in [-0.3, -0.25) is 4.79 Å². The number of carbonyl (C=O) groups excluding carboxylic acids is 1. The predicted octanol–water partition coefficient (Wildman–Crippen LogP) is 3.04. The summed E-state index contributed by atoms with van der Waals surface area (Å²) in [6.07, 6.45) is 1.84. The highest BCUT2D eigenvalue weighted by Gasteiger charge is 2.25. The number of hydrogen-bond donors (Lipinski definition) is 2. The third kappa shape index (κ3) is 3.80. The van der Waals surface area contributed by atoms with Gasteiger partial charge in [0.2, 0.25) is 5.78 Å². The third-order valence-electron chi connectivity index (χ3n) is 2.54. The smallest absolute Gasteiger partial charge is 0.341 e. The lowest BCUT2D eigenvalue weighted by atomic mass is 10.0. The van der Waals surface area contributed by atoms with E-state index in [1.54, 1.807) is 6.92 Å². The molecule has 0 atom stereocenters. The minimum absolute atomic E-state index is 0.0242. The molecule has 0 aliphatic rings. The van der Waals surface area contributed by atoms with E-state index in [0.717, 1.165) is 0 Å². The zero-order valence-electron chi connectivity index (χ0n) is 11.0. The largest absolute Gasteiger partial charge is 0.477 e. The number of ketones is 1. The van der Waals surface area contributed by atoms with Gasteiger partial charge in [-0.15, -0.1) is 0 Å². The van der Waals surface area contributed by atoms with E-state index >= 15 is 0 Å². The summed E-state index contributed by atoms with van der Waals surface area (Å²) in [6, 6.07) is 1.46. The monoisotopic (exact) mass is 360 g/mol. The highest BCUT2D eigenvalue weighted by atomic mass is 79.9. The van der Waals surface area contributed by atoms with E-state index in [1.807, 2.05) is 6.92 Å². The molecular weight excluding hydrogens is 348 g/mol. The number of carboxylic acids is 1. The molecule has 108 valence electrons. The zero-order chi connectivity index (χ0) is 15.3. The summed E-state index contributed by atoms with van der Waals surface area (Å²) < 4.78 is 0.552. The molecule has 0 unspecified atom stereocenters. The van der Waals surface area contributed by atoms with Gasteiger partial charge in [0.1, 0.15) is 10.7 Å². The number of carbonyl (C=O) groups is 2. The van der Waals surface area contributed by atoms with E-state index in [0.29, 0.717) is 23.1 Å². The van der Waals surface area contributed by atoms with Crippen molar-refractivity contribution in [2.75, 3.05) is 6.54 Å². The van der Waals surface area contributed by atoms with E-state index in [-0.39, 0.29) is 16.3 Å². The number of carboxylic acid groups (broad SMARTS) is 1. The Morgan fingerprint density at radius 2 is 2.10 bits per heavy atom. The molecule has 1 aromatic heterocycles. The molecule has 1 rings (SSSR count). The van der Waals surface area contributed by atoms with Crippen LogP contribution in [0.2, 0.25) is 5.15 Å². The third-order valence-corrected chi connectivity index (χ3v) is 3.27. The fourth-order valence-electron chi connectivity index (χ4n) is 1.68. The number of Topliss-reactive ketones (excluding diaryl/α,β-unsaturated/α-hetero) is 1. The molecule has 5 nitrogen and oxygen atoms in total. The molecule has 0 amide bonds. The van der Waals surface area contributed by atoms with Crippen LogP contribution in [0.3, 0.4) is 0 Å². The second-order valence-corrected chi connectivity index (χ2v) is 5.14. The topological polar surface area (TPSA) is 79.3 Å². The van der Waals surface area contributed by atoms with Gasteiger partial charge in [-0.25, -0.2) is 9.78 Å². The summed E-state index contributed by atoms with van der Waals surface area (Å²) in [4.78, 5) is 27.6. The quantitative estimate of drug-likeness (QED) is 0.268. The molecule has 2 N–H and O–H groups in total. The van der Waals surface area contributed by atoms with Crippen LogP contribution in [-0.2, 0) is 4.79 Å². The van der Waals surface area contributed by atoms with Gasteiger partial charge in [0, 0.05) is 22.9 Å². The van der Waals surface area contributed by atoms with Crippen molar-refractivity contribution < 1.29 is 14.7 Å². The number of allylic oxidation sites excluding steroid dienone is 1. The van der Waals surface area contributed by atoms with Gasteiger partial charge in [-0.1, -0.05) is 18.5 Å². The van der Waals surface area contributed by atoms with Crippen LogP contribution < -0.4 is 5.32 Å². The highest BCUT2D eigenvalue weighted by molar-refractivity contribution is 9.10. The second-order valence-electron chi connectivity index (χ2n) is 3.86. The molecule has 0 radical (unpaired) electrons. The Balaban J connectivity index is 3.39. The molecule has 1 heterocycles. The SMILES string of the molecule is CCNC(CC)=C(C(=O)O)C(=O)c1cc(Br)cnc1Cl. The predicted molar refractivity (Wildman–Crippen MR) is 79.9 cm³/mol. The van der Waals surface area contributed by atoms with Crippen molar-refractivity contribution >= 4 is 39.3 Å². The Hall–Kier alpha value is -1.40. The number of aliphatic carboxylic acids is 1. The summed E-state index contributed by atoms with van der Waals surface area (Å²) in [5, 5.41) is 12.2. The molecule has 20 heavy (non-hydrogen) atoms. The fraction of sp³-hybridized carbons (Fsp3) is 0.308. The van der Waals surface area contributed by atoms with Crippen LogP contribution in [0.1, 0.15) is 30.6 Å². The van der Waals surface area contributed by atoms with Gasteiger partial charge in [-0.05, 0) is 35.3 Å². The molecule has 0 spiro atoms. The first-order valence-electron chi connectivity index (χ1n) is 5.98. The fourth-order valence-corrected chi connectivity index (χ4v) is 2.20. The zero-order valence-corrected chi connectivity index (χ0v) is 13.4.